The fraction of sp³-hybridized carbons (Fsp3) is 0.167. The van der Waals surface area contributed by atoms with Gasteiger partial charge in [-0.1, -0.05) is 68.3 Å². The molecule has 5 nitrogen and oxygen atoms in total. The highest BCUT2D eigenvalue weighted by molar-refractivity contribution is 5.88. The zero-order chi connectivity index (χ0) is 24.8. The number of rotatable bonds is 10. The van der Waals surface area contributed by atoms with E-state index in [1.165, 1.54) is 0 Å². The number of nitriles is 2. The Morgan fingerprint density at radius 1 is 0.971 bits per heavy atom. The molecule has 0 unspecified atom stereocenters. The van der Waals surface area contributed by atoms with E-state index in [-0.39, 0.29) is 12.1 Å². The van der Waals surface area contributed by atoms with Crippen molar-refractivity contribution in [1.29, 1.82) is 10.5 Å². The van der Waals surface area contributed by atoms with Gasteiger partial charge < -0.3 is 16.0 Å². The smallest absolute Gasteiger partial charge is 0.103 e. The second kappa shape index (κ2) is 10.1. The van der Waals surface area contributed by atoms with Crippen LogP contribution in [0.15, 0.2) is 97.5 Å². The molecule has 0 heterocycles. The van der Waals surface area contributed by atoms with Gasteiger partial charge in [-0.05, 0) is 46.9 Å². The standard InChI is InChI=1S/C30H27N5/c1-4-29(22(3)33-16-15-31)34-20-25-10-6-7-11-26(25)21(2)35-30(13-14-30)28-18-23(19-32)17-24-9-5-8-12-27(24)28/h5-12,17-18,33-35H,1-3,13-14,16,20H2. The third-order valence-electron chi connectivity index (χ3n) is 6.30. The number of nitrogens with one attached hydrogen (secondary N) is 3. The van der Waals surface area contributed by atoms with Gasteiger partial charge in [0.2, 0.25) is 0 Å². The molecule has 1 saturated carbocycles. The normalized spacial score (nSPS) is 13.0. The van der Waals surface area contributed by atoms with Crippen molar-refractivity contribution in [3.63, 3.8) is 0 Å². The van der Waals surface area contributed by atoms with Crippen LogP contribution in [-0.2, 0) is 12.1 Å². The van der Waals surface area contributed by atoms with E-state index in [4.69, 9.17) is 5.26 Å². The summed E-state index contributed by atoms with van der Waals surface area (Å²) in [6.07, 6.45) is 1.94. The summed E-state index contributed by atoms with van der Waals surface area (Å²) >= 11 is 0. The largest absolute Gasteiger partial charge is 0.375 e. The van der Waals surface area contributed by atoms with Gasteiger partial charge in [0, 0.05) is 17.8 Å². The van der Waals surface area contributed by atoms with Gasteiger partial charge >= 0.3 is 0 Å². The average Bonchev–Trinajstić information content (AvgIpc) is 3.67. The highest BCUT2D eigenvalue weighted by atomic mass is 15.0. The summed E-state index contributed by atoms with van der Waals surface area (Å²) < 4.78 is 0. The van der Waals surface area contributed by atoms with Gasteiger partial charge in [-0.25, -0.2) is 0 Å². The molecule has 0 radical (unpaired) electrons. The maximum atomic E-state index is 9.58. The van der Waals surface area contributed by atoms with Gasteiger partial charge in [-0.15, -0.1) is 5.73 Å². The van der Waals surface area contributed by atoms with Crippen molar-refractivity contribution in [2.75, 3.05) is 6.54 Å². The Bertz CT molecular complexity index is 1440. The SMILES string of the molecule is C=C=C(NCc1ccccc1C(=C)NC1(c2cc(C#N)cc3ccccc23)CC1)C(=C)NCC#N. The molecule has 0 atom stereocenters. The van der Waals surface area contributed by atoms with Crippen LogP contribution >= 0.6 is 0 Å². The quantitative estimate of drug-likeness (QED) is 0.217. The first-order valence-electron chi connectivity index (χ1n) is 11.4. The van der Waals surface area contributed by atoms with Gasteiger partial charge in [-0.3, -0.25) is 0 Å². The van der Waals surface area contributed by atoms with Crippen molar-refractivity contribution in [1.82, 2.24) is 16.0 Å². The van der Waals surface area contributed by atoms with Gasteiger partial charge in [0.25, 0.3) is 0 Å². The topological polar surface area (TPSA) is 83.7 Å². The van der Waals surface area contributed by atoms with Crippen LogP contribution in [-0.4, -0.2) is 6.54 Å². The number of hydrogen-bond acceptors (Lipinski definition) is 5. The molecule has 0 spiro atoms. The predicted octanol–water partition coefficient (Wildman–Crippen LogP) is 5.35. The lowest BCUT2D eigenvalue weighted by atomic mass is 9.93. The lowest BCUT2D eigenvalue weighted by molar-refractivity contribution is 0.635. The van der Waals surface area contributed by atoms with Crippen LogP contribution in [0.2, 0.25) is 0 Å². The first-order chi connectivity index (χ1) is 17.0. The van der Waals surface area contributed by atoms with Gasteiger partial charge in [-0.2, -0.15) is 10.5 Å². The Kier molecular flexibility index (Phi) is 6.74. The van der Waals surface area contributed by atoms with Crippen molar-refractivity contribution >= 4 is 16.5 Å². The maximum Gasteiger partial charge on any atom is 0.103 e. The highest BCUT2D eigenvalue weighted by Gasteiger charge is 2.46. The molecule has 1 fully saturated rings. The van der Waals surface area contributed by atoms with Crippen LogP contribution in [0.5, 0.6) is 0 Å². The van der Waals surface area contributed by atoms with Crippen LogP contribution in [0, 0.1) is 22.7 Å². The van der Waals surface area contributed by atoms with Crippen molar-refractivity contribution < 1.29 is 0 Å². The third kappa shape index (κ3) is 4.97. The summed E-state index contributed by atoms with van der Waals surface area (Å²) in [5, 5.41) is 30.5. The minimum absolute atomic E-state index is 0.159. The van der Waals surface area contributed by atoms with Crippen molar-refractivity contribution in [2.24, 2.45) is 0 Å². The molecule has 1 aliphatic rings. The maximum absolute atomic E-state index is 9.58. The average molecular weight is 458 g/mol. The minimum atomic E-state index is -0.244. The van der Waals surface area contributed by atoms with Gasteiger partial charge in [0.15, 0.2) is 0 Å². The molecular weight excluding hydrogens is 430 g/mol. The van der Waals surface area contributed by atoms with Crippen molar-refractivity contribution in [3.8, 4) is 12.1 Å². The molecule has 3 aromatic rings. The second-order valence-corrected chi connectivity index (χ2v) is 8.60. The highest BCUT2D eigenvalue weighted by Crippen LogP contribution is 2.49. The Balaban J connectivity index is 1.57. The summed E-state index contributed by atoms with van der Waals surface area (Å²) in [4.78, 5) is 0. The van der Waals surface area contributed by atoms with E-state index >= 15 is 0 Å². The Hall–Kier alpha value is -4.70. The Labute approximate surface area is 206 Å². The molecule has 3 N–H and O–H groups in total. The van der Waals surface area contributed by atoms with Crippen LogP contribution in [0.1, 0.15) is 35.1 Å². The van der Waals surface area contributed by atoms with E-state index in [0.717, 1.165) is 46.0 Å². The number of hydrogen-bond donors (Lipinski definition) is 3. The van der Waals surface area contributed by atoms with Gasteiger partial charge in [0.05, 0.1) is 28.9 Å². The molecule has 0 aromatic heterocycles. The molecule has 5 heteroatoms. The summed E-state index contributed by atoms with van der Waals surface area (Å²) in [6, 6.07) is 24.6. The molecule has 3 aromatic carbocycles. The van der Waals surface area contributed by atoms with E-state index in [1.807, 2.05) is 54.6 Å². The summed E-state index contributed by atoms with van der Waals surface area (Å²) in [5.74, 6) is 0. The molecule has 0 aliphatic heterocycles. The van der Waals surface area contributed by atoms with E-state index in [2.05, 4.69) is 59.6 Å². The minimum Gasteiger partial charge on any atom is -0.375 e. The Morgan fingerprint density at radius 3 is 2.43 bits per heavy atom. The molecule has 1 aliphatic carbocycles. The molecule has 0 amide bonds. The van der Waals surface area contributed by atoms with E-state index < -0.39 is 0 Å². The summed E-state index contributed by atoms with van der Waals surface area (Å²) in [5.41, 5.74) is 8.48. The van der Waals surface area contributed by atoms with Crippen LogP contribution < -0.4 is 16.0 Å². The number of nitrogens with zero attached hydrogens (tertiary/aromatic N) is 2. The number of benzene rings is 3. The first kappa shape index (κ1) is 23.5. The summed E-state index contributed by atoms with van der Waals surface area (Å²) in [7, 11) is 0. The van der Waals surface area contributed by atoms with Crippen molar-refractivity contribution in [2.45, 2.75) is 24.9 Å². The molecule has 0 bridgehead atoms. The Morgan fingerprint density at radius 2 is 1.71 bits per heavy atom. The van der Waals surface area contributed by atoms with Gasteiger partial charge in [0.1, 0.15) is 12.2 Å². The zero-order valence-corrected chi connectivity index (χ0v) is 19.6. The predicted molar refractivity (Wildman–Crippen MR) is 140 cm³/mol. The molecule has 4 rings (SSSR count). The van der Waals surface area contributed by atoms with E-state index in [1.54, 1.807) is 0 Å². The molecule has 172 valence electrons. The molecule has 35 heavy (non-hydrogen) atoms. The fourth-order valence-electron chi connectivity index (χ4n) is 4.38. The second-order valence-electron chi connectivity index (χ2n) is 8.60. The van der Waals surface area contributed by atoms with Crippen LogP contribution in [0.4, 0.5) is 0 Å². The zero-order valence-electron chi connectivity index (χ0n) is 19.6. The third-order valence-corrected chi connectivity index (χ3v) is 6.30. The van der Waals surface area contributed by atoms with Crippen molar-refractivity contribution in [3.05, 3.63) is 120 Å². The van der Waals surface area contributed by atoms with E-state index in [9.17, 15) is 5.26 Å². The monoisotopic (exact) mass is 457 g/mol. The lowest BCUT2D eigenvalue weighted by Gasteiger charge is -2.24. The molecular formula is C30H27N5. The summed E-state index contributed by atoms with van der Waals surface area (Å²) in [6.45, 7) is 12.7. The van der Waals surface area contributed by atoms with Crippen LogP contribution in [0.3, 0.4) is 0 Å². The lowest BCUT2D eigenvalue weighted by Crippen LogP contribution is -2.28. The fourth-order valence-corrected chi connectivity index (χ4v) is 4.38. The first-order valence-corrected chi connectivity index (χ1v) is 11.4. The number of fused-ring (bicyclic) bond motifs is 1. The van der Waals surface area contributed by atoms with Crippen LogP contribution in [0.25, 0.3) is 16.5 Å². The van der Waals surface area contributed by atoms with E-state index in [0.29, 0.717) is 23.5 Å². The molecule has 0 saturated heterocycles.